The first kappa shape index (κ1) is 30.4. The summed E-state index contributed by atoms with van der Waals surface area (Å²) in [4.78, 5) is 2.47. The van der Waals surface area contributed by atoms with Gasteiger partial charge < -0.3 is 4.90 Å². The summed E-state index contributed by atoms with van der Waals surface area (Å²) in [7, 11) is 0. The minimum atomic E-state index is 1.12. The van der Waals surface area contributed by atoms with E-state index in [1.807, 2.05) is 11.3 Å². The first-order valence-electron chi connectivity index (χ1n) is 17.8. The van der Waals surface area contributed by atoms with Gasteiger partial charge in [-0.25, -0.2) is 0 Å². The number of anilines is 3. The van der Waals surface area contributed by atoms with Gasteiger partial charge in [-0.05, 0) is 79.9 Å². The summed E-state index contributed by atoms with van der Waals surface area (Å²) in [6.07, 6.45) is 0. The van der Waals surface area contributed by atoms with Crippen LogP contribution in [0, 0.1) is 0 Å². The Labute approximate surface area is 307 Å². The fourth-order valence-electron chi connectivity index (χ4n) is 7.88. The van der Waals surface area contributed by atoms with Gasteiger partial charge in [-0.2, -0.15) is 0 Å². The van der Waals surface area contributed by atoms with Gasteiger partial charge in [-0.15, -0.1) is 11.3 Å². The molecule has 244 valence electrons. The summed E-state index contributed by atoms with van der Waals surface area (Å²) in [5.74, 6) is 0. The molecule has 0 atom stereocenters. The third-order valence-electron chi connectivity index (χ3n) is 10.3. The molecule has 0 aliphatic carbocycles. The molecular formula is C50H33NS. The minimum Gasteiger partial charge on any atom is -0.308 e. The molecule has 0 radical (unpaired) electrons. The van der Waals surface area contributed by atoms with Crippen molar-refractivity contribution in [3.63, 3.8) is 0 Å². The molecule has 0 fully saturated rings. The zero-order chi connectivity index (χ0) is 34.4. The molecule has 0 N–H and O–H groups in total. The summed E-state index contributed by atoms with van der Waals surface area (Å²) >= 11 is 1.87. The Morgan fingerprint density at radius 2 is 0.923 bits per heavy atom. The number of benzene rings is 9. The van der Waals surface area contributed by atoms with Crippen molar-refractivity contribution in [2.45, 2.75) is 0 Å². The van der Waals surface area contributed by atoms with E-state index in [4.69, 9.17) is 0 Å². The van der Waals surface area contributed by atoms with Crippen LogP contribution < -0.4 is 4.90 Å². The average Bonchev–Trinajstić information content (AvgIpc) is 3.61. The highest BCUT2D eigenvalue weighted by Crippen LogP contribution is 2.48. The van der Waals surface area contributed by atoms with Crippen LogP contribution in [-0.4, -0.2) is 0 Å². The molecule has 0 bridgehead atoms. The molecule has 1 aromatic heterocycles. The van der Waals surface area contributed by atoms with E-state index in [9.17, 15) is 0 Å². The van der Waals surface area contributed by atoms with Crippen molar-refractivity contribution >= 4 is 70.1 Å². The third kappa shape index (κ3) is 5.07. The maximum absolute atomic E-state index is 2.47. The summed E-state index contributed by atoms with van der Waals surface area (Å²) in [6.45, 7) is 0. The standard InChI is InChI=1S/C50H33NS/c1-3-14-34(15-4-1)39-32-33-46(43-21-10-9-20-42(39)43)51(47-24-13-23-45-44-22-11-12-25-48(44)52-50(45)47)38-29-26-36(27-30-38)41-31-28-35-16-7-8-19-40(35)49(41)37-17-5-2-6-18-37/h1-33H. The lowest BCUT2D eigenvalue weighted by atomic mass is 9.89. The Hall–Kier alpha value is -6.48. The fourth-order valence-corrected chi connectivity index (χ4v) is 9.09. The number of nitrogens with zero attached hydrogens (tertiary/aromatic N) is 1. The van der Waals surface area contributed by atoms with Crippen LogP contribution in [0.15, 0.2) is 200 Å². The lowest BCUT2D eigenvalue weighted by Crippen LogP contribution is -2.11. The zero-order valence-electron chi connectivity index (χ0n) is 28.4. The highest BCUT2D eigenvalue weighted by atomic mass is 32.1. The molecule has 52 heavy (non-hydrogen) atoms. The molecule has 9 aromatic carbocycles. The van der Waals surface area contributed by atoms with E-state index >= 15 is 0 Å². The molecular weight excluding hydrogens is 647 g/mol. The topological polar surface area (TPSA) is 3.24 Å². The molecule has 10 aromatic rings. The van der Waals surface area contributed by atoms with Crippen LogP contribution in [0.1, 0.15) is 0 Å². The molecule has 0 amide bonds. The number of fused-ring (bicyclic) bond motifs is 5. The van der Waals surface area contributed by atoms with Gasteiger partial charge in [0, 0.05) is 26.5 Å². The molecule has 1 nitrogen and oxygen atoms in total. The maximum atomic E-state index is 2.47. The van der Waals surface area contributed by atoms with Crippen LogP contribution >= 0.6 is 11.3 Å². The monoisotopic (exact) mass is 679 g/mol. The van der Waals surface area contributed by atoms with E-state index in [2.05, 4.69) is 205 Å². The van der Waals surface area contributed by atoms with E-state index in [-0.39, 0.29) is 0 Å². The molecule has 10 rings (SSSR count). The van der Waals surface area contributed by atoms with Gasteiger partial charge in [0.25, 0.3) is 0 Å². The Morgan fingerprint density at radius 3 is 1.71 bits per heavy atom. The summed E-state index contributed by atoms with van der Waals surface area (Å²) in [6, 6.07) is 72.9. The SMILES string of the molecule is c1ccc(-c2c(-c3ccc(N(c4ccc(-c5ccccc5)c5ccccc45)c4cccc5c4sc4ccccc45)cc3)ccc3ccccc23)cc1. The summed E-state index contributed by atoms with van der Waals surface area (Å²) in [5, 5.41) is 7.54. The van der Waals surface area contributed by atoms with Gasteiger partial charge in [0.05, 0.1) is 16.1 Å². The van der Waals surface area contributed by atoms with Crippen molar-refractivity contribution in [3.8, 4) is 33.4 Å². The van der Waals surface area contributed by atoms with E-state index in [1.165, 1.54) is 80.8 Å². The number of thiophene rings is 1. The van der Waals surface area contributed by atoms with Crippen molar-refractivity contribution in [3.05, 3.63) is 200 Å². The van der Waals surface area contributed by atoms with E-state index in [0.29, 0.717) is 0 Å². The van der Waals surface area contributed by atoms with Crippen molar-refractivity contribution in [2.75, 3.05) is 4.90 Å². The van der Waals surface area contributed by atoms with Crippen LogP contribution in [0.25, 0.3) is 75.1 Å². The average molecular weight is 680 g/mol. The number of hydrogen-bond acceptors (Lipinski definition) is 2. The van der Waals surface area contributed by atoms with Crippen LogP contribution in [-0.2, 0) is 0 Å². The van der Waals surface area contributed by atoms with E-state index < -0.39 is 0 Å². The molecule has 0 saturated heterocycles. The highest BCUT2D eigenvalue weighted by Gasteiger charge is 2.21. The third-order valence-corrected chi connectivity index (χ3v) is 11.5. The van der Waals surface area contributed by atoms with Crippen molar-refractivity contribution in [1.82, 2.24) is 0 Å². The molecule has 0 aliphatic heterocycles. The van der Waals surface area contributed by atoms with Crippen molar-refractivity contribution < 1.29 is 0 Å². The minimum absolute atomic E-state index is 1.12. The molecule has 0 unspecified atom stereocenters. The van der Waals surface area contributed by atoms with E-state index in [1.54, 1.807) is 0 Å². The van der Waals surface area contributed by atoms with Gasteiger partial charge in [0.1, 0.15) is 0 Å². The van der Waals surface area contributed by atoms with Gasteiger partial charge in [0.15, 0.2) is 0 Å². The molecule has 0 saturated carbocycles. The summed E-state index contributed by atoms with van der Waals surface area (Å²) in [5.41, 5.74) is 10.8. The van der Waals surface area contributed by atoms with Crippen LogP contribution in [0.4, 0.5) is 17.1 Å². The predicted molar refractivity (Wildman–Crippen MR) is 225 cm³/mol. The molecule has 0 spiro atoms. The lowest BCUT2D eigenvalue weighted by molar-refractivity contribution is 1.32. The predicted octanol–water partition coefficient (Wildman–Crippen LogP) is 14.8. The number of hydrogen-bond donors (Lipinski definition) is 0. The Morgan fingerprint density at radius 1 is 0.327 bits per heavy atom. The van der Waals surface area contributed by atoms with E-state index in [0.717, 1.165) is 11.4 Å². The first-order chi connectivity index (χ1) is 25.8. The molecule has 1 heterocycles. The lowest BCUT2D eigenvalue weighted by Gasteiger charge is -2.28. The quantitative estimate of drug-likeness (QED) is 0.169. The van der Waals surface area contributed by atoms with Gasteiger partial charge in [-0.3, -0.25) is 0 Å². The van der Waals surface area contributed by atoms with Crippen molar-refractivity contribution in [1.29, 1.82) is 0 Å². The Bertz CT molecular complexity index is 2890. The molecule has 2 heteroatoms. The van der Waals surface area contributed by atoms with Crippen LogP contribution in [0.3, 0.4) is 0 Å². The fraction of sp³-hybridized carbons (Fsp3) is 0. The second kappa shape index (κ2) is 12.7. The largest absolute Gasteiger partial charge is 0.308 e. The summed E-state index contributed by atoms with van der Waals surface area (Å²) < 4.78 is 2.58. The second-order valence-corrected chi connectivity index (χ2v) is 14.3. The van der Waals surface area contributed by atoms with Gasteiger partial charge in [-0.1, -0.05) is 170 Å². The van der Waals surface area contributed by atoms with Crippen LogP contribution in [0.2, 0.25) is 0 Å². The highest BCUT2D eigenvalue weighted by molar-refractivity contribution is 7.26. The van der Waals surface area contributed by atoms with Gasteiger partial charge in [0.2, 0.25) is 0 Å². The normalized spacial score (nSPS) is 11.5. The van der Waals surface area contributed by atoms with Gasteiger partial charge >= 0.3 is 0 Å². The Balaban J connectivity index is 1.19. The first-order valence-corrected chi connectivity index (χ1v) is 18.6. The van der Waals surface area contributed by atoms with Crippen LogP contribution in [0.5, 0.6) is 0 Å². The number of rotatable bonds is 6. The zero-order valence-corrected chi connectivity index (χ0v) is 29.2. The molecule has 0 aliphatic rings. The smallest absolute Gasteiger partial charge is 0.0640 e. The Kier molecular flexibility index (Phi) is 7.41. The second-order valence-electron chi connectivity index (χ2n) is 13.3. The van der Waals surface area contributed by atoms with Crippen molar-refractivity contribution in [2.24, 2.45) is 0 Å². The maximum Gasteiger partial charge on any atom is 0.0640 e.